The van der Waals surface area contributed by atoms with Crippen molar-refractivity contribution < 1.29 is 9.84 Å². The predicted octanol–water partition coefficient (Wildman–Crippen LogP) is 1.50. The van der Waals surface area contributed by atoms with E-state index in [-0.39, 0.29) is 6.61 Å². The molecule has 4 heteroatoms. The smallest absolute Gasteiger partial charge is 0.0717 e. The Labute approximate surface area is 102 Å². The van der Waals surface area contributed by atoms with Crippen molar-refractivity contribution in [2.75, 3.05) is 25.1 Å². The first-order chi connectivity index (χ1) is 8.24. The van der Waals surface area contributed by atoms with Gasteiger partial charge in [0.15, 0.2) is 0 Å². The second-order valence-corrected chi connectivity index (χ2v) is 4.53. The van der Waals surface area contributed by atoms with E-state index in [1.165, 1.54) is 0 Å². The van der Waals surface area contributed by atoms with Gasteiger partial charge >= 0.3 is 0 Å². The van der Waals surface area contributed by atoms with Crippen molar-refractivity contribution in [3.05, 3.63) is 23.5 Å². The van der Waals surface area contributed by atoms with Crippen molar-refractivity contribution in [1.29, 1.82) is 0 Å². The molecule has 1 aromatic heterocycles. The minimum atomic E-state index is 0.0484. The third-order valence-corrected chi connectivity index (χ3v) is 3.38. The van der Waals surface area contributed by atoms with E-state index in [2.05, 4.69) is 16.0 Å². The largest absolute Gasteiger partial charge is 0.392 e. The van der Waals surface area contributed by atoms with E-state index < -0.39 is 0 Å². The highest BCUT2D eigenvalue weighted by molar-refractivity contribution is 5.53. The topological polar surface area (TPSA) is 45.6 Å². The van der Waals surface area contributed by atoms with Crippen LogP contribution in [0.15, 0.2) is 12.3 Å². The van der Waals surface area contributed by atoms with E-state index in [9.17, 15) is 5.11 Å². The third-order valence-electron chi connectivity index (χ3n) is 3.38. The lowest BCUT2D eigenvalue weighted by Gasteiger charge is -2.34. The Balaban J connectivity index is 2.14. The van der Waals surface area contributed by atoms with Crippen LogP contribution < -0.4 is 4.90 Å². The molecule has 1 fully saturated rings. The van der Waals surface area contributed by atoms with E-state index in [4.69, 9.17) is 4.74 Å². The molecule has 94 valence electrons. The van der Waals surface area contributed by atoms with Crippen LogP contribution in [0.25, 0.3) is 0 Å². The molecule has 1 N–H and O–H groups in total. The Hall–Kier alpha value is -1.13. The van der Waals surface area contributed by atoms with Gasteiger partial charge in [-0.2, -0.15) is 0 Å². The molecule has 4 nitrogen and oxygen atoms in total. The number of ether oxygens (including phenoxy) is 1. The van der Waals surface area contributed by atoms with Crippen molar-refractivity contribution in [3.63, 3.8) is 0 Å². The lowest BCUT2D eigenvalue weighted by molar-refractivity contribution is 0.0818. The van der Waals surface area contributed by atoms with E-state index in [0.29, 0.717) is 6.10 Å². The average Bonchev–Trinajstić information content (AvgIpc) is 2.39. The molecular weight excluding hydrogens is 216 g/mol. The summed E-state index contributed by atoms with van der Waals surface area (Å²) in [5.41, 5.74) is 3.02. The molecule has 0 spiro atoms. The Bertz CT molecular complexity index is 374. The lowest BCUT2D eigenvalue weighted by Crippen LogP contribution is -2.37. The number of piperidine rings is 1. The monoisotopic (exact) mass is 236 g/mol. The van der Waals surface area contributed by atoms with Crippen molar-refractivity contribution in [3.8, 4) is 0 Å². The molecule has 2 rings (SSSR count). The summed E-state index contributed by atoms with van der Waals surface area (Å²) in [6.45, 7) is 3.99. The number of aromatic nitrogens is 1. The minimum Gasteiger partial charge on any atom is -0.392 e. The minimum absolute atomic E-state index is 0.0484. The molecule has 1 aliphatic heterocycles. The second-order valence-electron chi connectivity index (χ2n) is 4.53. The van der Waals surface area contributed by atoms with Crippen LogP contribution in [-0.2, 0) is 11.3 Å². The normalized spacial score (nSPS) is 17.5. The fourth-order valence-electron chi connectivity index (χ4n) is 2.32. The quantitative estimate of drug-likeness (QED) is 0.864. The van der Waals surface area contributed by atoms with Crippen LogP contribution in [0.1, 0.15) is 24.1 Å². The Morgan fingerprint density at radius 1 is 1.47 bits per heavy atom. The van der Waals surface area contributed by atoms with Crippen LogP contribution in [0.2, 0.25) is 0 Å². The molecule has 1 aromatic rings. The highest BCUT2D eigenvalue weighted by Crippen LogP contribution is 2.25. The number of methoxy groups -OCH3 is 1. The first-order valence-electron chi connectivity index (χ1n) is 6.08. The first kappa shape index (κ1) is 12.3. The number of anilines is 1. The van der Waals surface area contributed by atoms with Crippen LogP contribution >= 0.6 is 0 Å². The van der Waals surface area contributed by atoms with Crippen LogP contribution in [0.5, 0.6) is 0 Å². The molecule has 0 radical (unpaired) electrons. The molecule has 2 heterocycles. The van der Waals surface area contributed by atoms with Gasteiger partial charge in [-0.25, -0.2) is 0 Å². The van der Waals surface area contributed by atoms with Gasteiger partial charge in [-0.05, 0) is 25.8 Å². The van der Waals surface area contributed by atoms with E-state index in [1.54, 1.807) is 13.3 Å². The van der Waals surface area contributed by atoms with Gasteiger partial charge < -0.3 is 14.7 Å². The molecule has 0 aromatic carbocycles. The molecular formula is C13H20N2O2. The fourth-order valence-corrected chi connectivity index (χ4v) is 2.32. The molecule has 0 bridgehead atoms. The predicted molar refractivity (Wildman–Crippen MR) is 67.1 cm³/mol. The zero-order valence-corrected chi connectivity index (χ0v) is 10.5. The number of aliphatic hydroxyl groups excluding tert-OH is 1. The number of hydrogen-bond donors (Lipinski definition) is 1. The maximum Gasteiger partial charge on any atom is 0.0717 e. The molecule has 1 aliphatic rings. The summed E-state index contributed by atoms with van der Waals surface area (Å²) in [7, 11) is 1.77. The van der Waals surface area contributed by atoms with Crippen LogP contribution in [0.4, 0.5) is 5.69 Å². The Kier molecular flexibility index (Phi) is 3.97. The van der Waals surface area contributed by atoms with Gasteiger partial charge in [0.1, 0.15) is 0 Å². The summed E-state index contributed by atoms with van der Waals surface area (Å²) < 4.78 is 5.37. The van der Waals surface area contributed by atoms with Gasteiger partial charge in [0, 0.05) is 43.3 Å². The summed E-state index contributed by atoms with van der Waals surface area (Å²) in [6.07, 6.45) is 4.24. The molecule has 0 atom stereocenters. The Morgan fingerprint density at radius 2 is 2.18 bits per heavy atom. The first-order valence-corrected chi connectivity index (χ1v) is 6.08. The standard InChI is InChI=1S/C13H20N2O2/c1-10-7-13(11(9-16)8-14-10)15-5-3-12(17-2)4-6-15/h7-8,12,16H,3-6,9H2,1-2H3. The SMILES string of the molecule is COC1CCN(c2cc(C)ncc2CO)CC1. The molecule has 0 saturated carbocycles. The zero-order valence-electron chi connectivity index (χ0n) is 10.5. The van der Waals surface area contributed by atoms with Gasteiger partial charge in [0.25, 0.3) is 0 Å². The summed E-state index contributed by atoms with van der Waals surface area (Å²) in [6, 6.07) is 2.05. The Morgan fingerprint density at radius 3 is 2.76 bits per heavy atom. The zero-order chi connectivity index (χ0) is 12.3. The van der Waals surface area contributed by atoms with Crippen molar-refractivity contribution in [2.45, 2.75) is 32.5 Å². The van der Waals surface area contributed by atoms with Crippen molar-refractivity contribution in [2.24, 2.45) is 0 Å². The van der Waals surface area contributed by atoms with E-state index in [0.717, 1.165) is 42.9 Å². The van der Waals surface area contributed by atoms with E-state index in [1.807, 2.05) is 6.92 Å². The van der Waals surface area contributed by atoms with Gasteiger partial charge in [-0.1, -0.05) is 0 Å². The van der Waals surface area contributed by atoms with Crippen LogP contribution in [0.3, 0.4) is 0 Å². The molecule has 1 saturated heterocycles. The number of rotatable bonds is 3. The molecule has 0 aliphatic carbocycles. The van der Waals surface area contributed by atoms with Gasteiger partial charge in [-0.15, -0.1) is 0 Å². The van der Waals surface area contributed by atoms with Crippen LogP contribution in [-0.4, -0.2) is 36.4 Å². The third kappa shape index (κ3) is 2.76. The number of aryl methyl sites for hydroxylation is 1. The highest BCUT2D eigenvalue weighted by Gasteiger charge is 2.20. The van der Waals surface area contributed by atoms with Gasteiger partial charge in [0.05, 0.1) is 12.7 Å². The highest BCUT2D eigenvalue weighted by atomic mass is 16.5. The number of nitrogens with zero attached hydrogens (tertiary/aromatic N) is 2. The summed E-state index contributed by atoms with van der Waals surface area (Å²) in [5, 5.41) is 9.35. The summed E-state index contributed by atoms with van der Waals surface area (Å²) in [5.74, 6) is 0. The van der Waals surface area contributed by atoms with Crippen molar-refractivity contribution >= 4 is 5.69 Å². The van der Waals surface area contributed by atoms with Crippen molar-refractivity contribution in [1.82, 2.24) is 4.98 Å². The van der Waals surface area contributed by atoms with Gasteiger partial charge in [-0.3, -0.25) is 4.98 Å². The molecule has 0 amide bonds. The summed E-state index contributed by atoms with van der Waals surface area (Å²) >= 11 is 0. The van der Waals surface area contributed by atoms with E-state index >= 15 is 0 Å². The number of aliphatic hydroxyl groups is 1. The molecule has 17 heavy (non-hydrogen) atoms. The summed E-state index contributed by atoms with van der Waals surface area (Å²) in [4.78, 5) is 6.54. The maximum atomic E-state index is 9.35. The molecule has 0 unspecified atom stereocenters. The average molecular weight is 236 g/mol. The van der Waals surface area contributed by atoms with Gasteiger partial charge in [0.2, 0.25) is 0 Å². The second kappa shape index (κ2) is 5.47. The fraction of sp³-hybridized carbons (Fsp3) is 0.615. The number of pyridine rings is 1. The number of hydrogen-bond acceptors (Lipinski definition) is 4. The lowest BCUT2D eigenvalue weighted by atomic mass is 10.1. The maximum absolute atomic E-state index is 9.35. The van der Waals surface area contributed by atoms with Crippen LogP contribution in [0, 0.1) is 6.92 Å².